The third-order valence-electron chi connectivity index (χ3n) is 6.40. The number of oxazole rings is 1. The molecule has 38 heavy (non-hydrogen) atoms. The van der Waals surface area contributed by atoms with Crippen molar-refractivity contribution >= 4 is 11.6 Å². The van der Waals surface area contributed by atoms with Crippen LogP contribution < -0.4 is 10.1 Å². The van der Waals surface area contributed by atoms with Gasteiger partial charge in [-0.3, -0.25) is 14.8 Å². The number of hydrogen-bond donors (Lipinski definition) is 1. The van der Waals surface area contributed by atoms with Crippen LogP contribution in [0, 0.1) is 12.7 Å². The number of carbonyl (C=O) groups excluding carboxylic acids is 1. The van der Waals surface area contributed by atoms with Crippen LogP contribution in [0.15, 0.2) is 64.8 Å². The molecule has 1 amide bonds. The molecule has 4 heterocycles. The molecule has 0 aliphatic carbocycles. The maximum absolute atomic E-state index is 13.7. The normalized spacial score (nSPS) is 14.6. The Bertz CT molecular complexity index is 1490. The Labute approximate surface area is 218 Å². The topological polar surface area (TPSA) is 112 Å². The molecule has 1 unspecified atom stereocenters. The number of ether oxygens (including phenoxy) is 1. The Morgan fingerprint density at radius 3 is 2.79 bits per heavy atom. The molecule has 194 valence electrons. The van der Waals surface area contributed by atoms with Crippen LogP contribution in [0.1, 0.15) is 58.0 Å². The SMILES string of the molecule is CCc1c(C(=O)NCc2ccc(F)c(OC)c2)cc(C2=NOC(c3ccc(-c4cnco4)cn3)C2)nc1C. The first-order valence-corrected chi connectivity index (χ1v) is 12.2. The second kappa shape index (κ2) is 10.8. The van der Waals surface area contributed by atoms with E-state index in [1.54, 1.807) is 30.6 Å². The number of aromatic nitrogens is 3. The van der Waals surface area contributed by atoms with Gasteiger partial charge in [0.1, 0.15) is 5.71 Å². The summed E-state index contributed by atoms with van der Waals surface area (Å²) in [7, 11) is 1.40. The highest BCUT2D eigenvalue weighted by Crippen LogP contribution is 2.30. The summed E-state index contributed by atoms with van der Waals surface area (Å²) in [4.78, 5) is 32.0. The molecule has 0 fully saturated rings. The lowest BCUT2D eigenvalue weighted by molar-refractivity contribution is 0.0826. The van der Waals surface area contributed by atoms with E-state index in [-0.39, 0.29) is 24.3 Å². The minimum atomic E-state index is -0.455. The van der Waals surface area contributed by atoms with E-state index < -0.39 is 5.82 Å². The summed E-state index contributed by atoms with van der Waals surface area (Å²) in [5.41, 5.74) is 5.59. The van der Waals surface area contributed by atoms with E-state index in [1.807, 2.05) is 26.0 Å². The molecule has 4 aromatic rings. The lowest BCUT2D eigenvalue weighted by Gasteiger charge is -2.14. The van der Waals surface area contributed by atoms with Crippen molar-refractivity contribution in [3.8, 4) is 17.1 Å². The standard InChI is InChI=1S/C28H26FN5O4/c1-4-19-16(2)33-23(10-20(19)28(35)32-12-17-5-7-21(29)25(9-17)36-3)24-11-26(38-34-24)22-8-6-18(13-31-22)27-14-30-15-37-27/h5-10,13-15,26H,4,11-12H2,1-3H3,(H,32,35). The number of hydrogen-bond acceptors (Lipinski definition) is 8. The number of amides is 1. The molecular formula is C28H26FN5O4. The summed E-state index contributed by atoms with van der Waals surface area (Å²) < 4.78 is 24.1. The molecule has 0 saturated heterocycles. The molecule has 0 bridgehead atoms. The minimum Gasteiger partial charge on any atom is -0.494 e. The fourth-order valence-corrected chi connectivity index (χ4v) is 4.37. The average molecular weight is 516 g/mol. The van der Waals surface area contributed by atoms with Crippen LogP contribution in [0.2, 0.25) is 0 Å². The van der Waals surface area contributed by atoms with Crippen molar-refractivity contribution in [3.63, 3.8) is 0 Å². The minimum absolute atomic E-state index is 0.129. The summed E-state index contributed by atoms with van der Waals surface area (Å²) >= 11 is 0. The van der Waals surface area contributed by atoms with Gasteiger partial charge in [-0.05, 0) is 54.8 Å². The Morgan fingerprint density at radius 2 is 2.08 bits per heavy atom. The summed E-state index contributed by atoms with van der Waals surface area (Å²) in [6, 6.07) is 10.00. The van der Waals surface area contributed by atoms with Crippen LogP contribution >= 0.6 is 0 Å². The molecule has 5 rings (SSSR count). The van der Waals surface area contributed by atoms with Crippen LogP contribution in [0.4, 0.5) is 4.39 Å². The number of pyridine rings is 2. The molecule has 1 N–H and O–H groups in total. The van der Waals surface area contributed by atoms with E-state index in [0.717, 1.165) is 28.1 Å². The molecular weight excluding hydrogens is 489 g/mol. The number of methoxy groups -OCH3 is 1. The predicted molar refractivity (Wildman–Crippen MR) is 137 cm³/mol. The second-order valence-corrected chi connectivity index (χ2v) is 8.80. The molecule has 1 aromatic carbocycles. The molecule has 1 atom stereocenters. The number of carbonyl (C=O) groups is 1. The smallest absolute Gasteiger partial charge is 0.251 e. The van der Waals surface area contributed by atoms with Gasteiger partial charge in [-0.2, -0.15) is 0 Å². The molecule has 0 saturated carbocycles. The van der Waals surface area contributed by atoms with Crippen molar-refractivity contribution in [2.75, 3.05) is 7.11 Å². The van der Waals surface area contributed by atoms with Crippen LogP contribution in [0.5, 0.6) is 5.75 Å². The fraction of sp³-hybridized carbons (Fsp3) is 0.250. The Hall–Kier alpha value is -4.60. The summed E-state index contributed by atoms with van der Waals surface area (Å²) in [6.07, 6.45) is 5.43. The van der Waals surface area contributed by atoms with Gasteiger partial charge >= 0.3 is 0 Å². The van der Waals surface area contributed by atoms with Crippen molar-refractivity contribution in [1.29, 1.82) is 0 Å². The Balaban J connectivity index is 1.31. The molecule has 3 aromatic heterocycles. The zero-order chi connectivity index (χ0) is 26.6. The van der Waals surface area contributed by atoms with Gasteiger partial charge in [-0.1, -0.05) is 18.1 Å². The van der Waals surface area contributed by atoms with Gasteiger partial charge < -0.3 is 19.3 Å². The number of benzene rings is 1. The molecule has 9 nitrogen and oxygen atoms in total. The van der Waals surface area contributed by atoms with Gasteiger partial charge in [0.15, 0.2) is 29.8 Å². The van der Waals surface area contributed by atoms with Crippen molar-refractivity contribution < 1.29 is 23.2 Å². The predicted octanol–water partition coefficient (Wildman–Crippen LogP) is 4.95. The van der Waals surface area contributed by atoms with E-state index in [1.165, 1.54) is 19.6 Å². The van der Waals surface area contributed by atoms with E-state index >= 15 is 0 Å². The van der Waals surface area contributed by atoms with E-state index in [9.17, 15) is 9.18 Å². The zero-order valence-corrected chi connectivity index (χ0v) is 21.2. The van der Waals surface area contributed by atoms with Gasteiger partial charge in [0.2, 0.25) is 0 Å². The quantitative estimate of drug-likeness (QED) is 0.354. The molecule has 0 spiro atoms. The highest BCUT2D eigenvalue weighted by atomic mass is 19.1. The van der Waals surface area contributed by atoms with Crippen LogP contribution in [-0.2, 0) is 17.8 Å². The zero-order valence-electron chi connectivity index (χ0n) is 21.2. The number of halogens is 1. The molecule has 1 aliphatic heterocycles. The van der Waals surface area contributed by atoms with Crippen molar-refractivity contribution in [2.45, 2.75) is 39.3 Å². The van der Waals surface area contributed by atoms with Gasteiger partial charge in [0, 0.05) is 36.0 Å². The summed E-state index contributed by atoms with van der Waals surface area (Å²) in [5, 5.41) is 7.18. The second-order valence-electron chi connectivity index (χ2n) is 8.80. The first-order valence-electron chi connectivity index (χ1n) is 12.2. The monoisotopic (exact) mass is 515 g/mol. The fourth-order valence-electron chi connectivity index (χ4n) is 4.37. The summed E-state index contributed by atoms with van der Waals surface area (Å²) in [5.74, 6) is 0.0547. The van der Waals surface area contributed by atoms with E-state index in [2.05, 4.69) is 20.4 Å². The third kappa shape index (κ3) is 5.10. The lowest BCUT2D eigenvalue weighted by Crippen LogP contribution is -2.25. The highest BCUT2D eigenvalue weighted by molar-refractivity contribution is 6.03. The van der Waals surface area contributed by atoms with Crippen molar-refractivity contribution in [1.82, 2.24) is 20.3 Å². The molecule has 0 radical (unpaired) electrons. The van der Waals surface area contributed by atoms with Crippen LogP contribution in [0.3, 0.4) is 0 Å². The van der Waals surface area contributed by atoms with Crippen LogP contribution in [0.25, 0.3) is 11.3 Å². The number of nitrogens with zero attached hydrogens (tertiary/aromatic N) is 4. The van der Waals surface area contributed by atoms with Gasteiger partial charge in [0.25, 0.3) is 5.91 Å². The maximum Gasteiger partial charge on any atom is 0.251 e. The van der Waals surface area contributed by atoms with Crippen LogP contribution in [-0.4, -0.2) is 33.7 Å². The number of nitrogens with one attached hydrogen (secondary N) is 1. The third-order valence-corrected chi connectivity index (χ3v) is 6.40. The van der Waals surface area contributed by atoms with E-state index in [4.69, 9.17) is 19.0 Å². The number of oxime groups is 1. The van der Waals surface area contributed by atoms with Gasteiger partial charge in [0.05, 0.1) is 24.7 Å². The molecule has 10 heteroatoms. The number of aryl methyl sites for hydroxylation is 1. The van der Waals surface area contributed by atoms with E-state index in [0.29, 0.717) is 35.6 Å². The largest absolute Gasteiger partial charge is 0.494 e. The molecule has 1 aliphatic rings. The maximum atomic E-state index is 13.7. The highest BCUT2D eigenvalue weighted by Gasteiger charge is 2.27. The van der Waals surface area contributed by atoms with Gasteiger partial charge in [-0.25, -0.2) is 9.37 Å². The Morgan fingerprint density at radius 1 is 1.21 bits per heavy atom. The average Bonchev–Trinajstić information content (AvgIpc) is 3.65. The Kier molecular flexibility index (Phi) is 7.12. The summed E-state index contributed by atoms with van der Waals surface area (Å²) in [6.45, 7) is 4.07. The number of rotatable bonds is 8. The first-order chi connectivity index (χ1) is 18.5. The first kappa shape index (κ1) is 25.1. The van der Waals surface area contributed by atoms with Crippen molar-refractivity contribution in [2.24, 2.45) is 5.16 Å². The van der Waals surface area contributed by atoms with Gasteiger partial charge in [-0.15, -0.1) is 0 Å². The van der Waals surface area contributed by atoms with Crippen molar-refractivity contribution in [3.05, 3.63) is 94.8 Å². The lowest BCUT2D eigenvalue weighted by atomic mass is 9.99.